The summed E-state index contributed by atoms with van der Waals surface area (Å²) >= 11 is 0. The summed E-state index contributed by atoms with van der Waals surface area (Å²) in [6.45, 7) is 6.84. The van der Waals surface area contributed by atoms with Gasteiger partial charge in [0.1, 0.15) is 5.75 Å². The number of fused-ring (bicyclic) bond motifs is 3. The smallest absolute Gasteiger partial charge is 0.261 e. The summed E-state index contributed by atoms with van der Waals surface area (Å²) in [6, 6.07) is 27.6. The Balaban J connectivity index is 1.28. The molecule has 2 heterocycles. The number of nitrogens with zero attached hydrogens (tertiary/aromatic N) is 1. The molecule has 2 aliphatic heterocycles. The summed E-state index contributed by atoms with van der Waals surface area (Å²) in [5.41, 5.74) is 0.747. The lowest BCUT2D eigenvalue weighted by Gasteiger charge is -2.48. The maximum atomic E-state index is 14.2. The Labute approximate surface area is 279 Å². The van der Waals surface area contributed by atoms with Crippen molar-refractivity contribution in [3.05, 3.63) is 90.5 Å². The van der Waals surface area contributed by atoms with Gasteiger partial charge in [0.15, 0.2) is 5.79 Å². The highest BCUT2D eigenvalue weighted by atomic mass is 28.4. The Kier molecular flexibility index (Phi) is 8.44. The van der Waals surface area contributed by atoms with Crippen LogP contribution in [0.3, 0.4) is 0 Å². The molecule has 0 radical (unpaired) electrons. The molecule has 47 heavy (non-hydrogen) atoms. The zero-order valence-corrected chi connectivity index (χ0v) is 28.7. The number of aliphatic hydroxyl groups is 1. The quantitative estimate of drug-likeness (QED) is 0.251. The van der Waals surface area contributed by atoms with E-state index >= 15 is 0 Å². The first-order chi connectivity index (χ1) is 22.5. The lowest BCUT2D eigenvalue weighted by atomic mass is 9.64. The van der Waals surface area contributed by atoms with Crippen molar-refractivity contribution < 1.29 is 29.0 Å². The van der Waals surface area contributed by atoms with Gasteiger partial charge in [0.05, 0.1) is 17.9 Å². The molecule has 2 N–H and O–H groups in total. The fraction of sp³-hybridized carbons (Fsp3) is 0.487. The summed E-state index contributed by atoms with van der Waals surface area (Å²) in [6.07, 6.45) is 5.01. The van der Waals surface area contributed by atoms with Crippen LogP contribution in [-0.2, 0) is 18.8 Å². The molecule has 8 heteroatoms. The summed E-state index contributed by atoms with van der Waals surface area (Å²) in [5, 5.41) is 25.0. The molecule has 0 aromatic heterocycles. The van der Waals surface area contributed by atoms with Crippen molar-refractivity contribution in [1.29, 1.82) is 0 Å². The molecule has 248 valence electrons. The van der Waals surface area contributed by atoms with Gasteiger partial charge < -0.3 is 19.4 Å². The van der Waals surface area contributed by atoms with Crippen LogP contribution in [0.4, 0.5) is 0 Å². The van der Waals surface area contributed by atoms with Crippen molar-refractivity contribution in [2.75, 3.05) is 6.61 Å². The second kappa shape index (κ2) is 12.3. The van der Waals surface area contributed by atoms with Gasteiger partial charge >= 0.3 is 0 Å². The fourth-order valence-corrected chi connectivity index (χ4v) is 13.9. The topological polar surface area (TPSA) is 96.3 Å². The number of aromatic hydroxyl groups is 1. The number of likely N-dealkylation sites (tertiary alicyclic amines) is 1. The average molecular weight is 654 g/mol. The number of hydrogen-bond donors (Lipinski definition) is 2. The third-order valence-corrected chi connectivity index (χ3v) is 16.5. The lowest BCUT2D eigenvalue weighted by Crippen LogP contribution is -2.67. The molecule has 0 unspecified atom stereocenters. The number of rotatable bonds is 7. The van der Waals surface area contributed by atoms with E-state index in [4.69, 9.17) is 9.16 Å². The van der Waals surface area contributed by atoms with Crippen molar-refractivity contribution in [2.24, 2.45) is 23.7 Å². The zero-order chi connectivity index (χ0) is 33.0. The lowest BCUT2D eigenvalue weighted by molar-refractivity contribution is -0.273. The van der Waals surface area contributed by atoms with Gasteiger partial charge in [0, 0.05) is 24.5 Å². The van der Waals surface area contributed by atoms with E-state index in [0.29, 0.717) is 12.8 Å². The van der Waals surface area contributed by atoms with Crippen molar-refractivity contribution in [1.82, 2.24) is 4.90 Å². The fourth-order valence-electron chi connectivity index (χ4n) is 9.32. The summed E-state index contributed by atoms with van der Waals surface area (Å²) < 4.78 is 14.0. The number of phenolic OH excluding ortho intramolecular Hbond substituents is 1. The zero-order valence-electron chi connectivity index (χ0n) is 27.7. The van der Waals surface area contributed by atoms with Gasteiger partial charge in [0.2, 0.25) is 11.8 Å². The van der Waals surface area contributed by atoms with E-state index < -0.39 is 43.9 Å². The summed E-state index contributed by atoms with van der Waals surface area (Å²) in [4.78, 5) is 30.0. The Hall–Kier alpha value is -3.30. The van der Waals surface area contributed by atoms with Crippen LogP contribution in [0.2, 0.25) is 5.04 Å². The molecule has 2 amide bonds. The highest BCUT2D eigenvalue weighted by molar-refractivity contribution is 6.99. The van der Waals surface area contributed by atoms with Crippen molar-refractivity contribution in [2.45, 2.75) is 88.7 Å². The normalized spacial score (nSPS) is 30.0. The van der Waals surface area contributed by atoms with Crippen LogP contribution in [0.5, 0.6) is 5.75 Å². The van der Waals surface area contributed by atoms with E-state index in [1.807, 2.05) is 42.5 Å². The van der Waals surface area contributed by atoms with E-state index in [2.05, 4.69) is 45.0 Å². The molecule has 7 nitrogen and oxygen atoms in total. The Bertz CT molecular complexity index is 1560. The van der Waals surface area contributed by atoms with E-state index in [-0.39, 0.29) is 35.3 Å². The first-order valence-corrected chi connectivity index (χ1v) is 19.3. The molecule has 0 bridgehead atoms. The number of hydrogen-bond acceptors (Lipinski definition) is 6. The predicted molar refractivity (Wildman–Crippen MR) is 182 cm³/mol. The molecule has 2 saturated heterocycles. The molecular formula is C39H47NO6Si. The monoisotopic (exact) mass is 653 g/mol. The van der Waals surface area contributed by atoms with Crippen LogP contribution in [0, 0.1) is 23.7 Å². The van der Waals surface area contributed by atoms with E-state index in [1.54, 1.807) is 23.1 Å². The Morgan fingerprint density at radius 2 is 1.51 bits per heavy atom. The number of imide groups is 1. The van der Waals surface area contributed by atoms with Gasteiger partial charge in [-0.05, 0) is 58.8 Å². The largest absolute Gasteiger partial charge is 0.508 e. The number of carbonyl (C=O) groups excluding carboxylic acids is 2. The standard InChI is InChI=1S/C39H47NO6Si/c1-38(2,3)47(30-18-9-5-10-19-30,31-20-11-6-12-21-31)45-25-27-23-32-35(37(43)40(36(32)42)28-15-7-4-8-16-28)33-24-34(46-39(27,33)44)26-14-13-17-29(41)22-26/h5-6,9-14,17-22,27-28,32-35,41,44H,4,7-8,15-16,23-25H2,1-3H3/t27-,32+,33+,34+,35+,39-/m1/s1. The minimum Gasteiger partial charge on any atom is -0.508 e. The van der Waals surface area contributed by atoms with Gasteiger partial charge in [-0.1, -0.05) is 113 Å². The van der Waals surface area contributed by atoms with Gasteiger partial charge in [0.25, 0.3) is 8.32 Å². The van der Waals surface area contributed by atoms with E-state index in [1.165, 1.54) is 0 Å². The first kappa shape index (κ1) is 32.3. The second-order valence-corrected chi connectivity index (χ2v) is 19.5. The second-order valence-electron chi connectivity index (χ2n) is 15.2. The Morgan fingerprint density at radius 1 is 0.872 bits per heavy atom. The third kappa shape index (κ3) is 5.38. The van der Waals surface area contributed by atoms with E-state index in [9.17, 15) is 19.8 Å². The first-order valence-electron chi connectivity index (χ1n) is 17.4. The molecule has 4 fully saturated rings. The SMILES string of the molecule is CC(C)(C)[Si](OC[C@H]1C[C@@H]2C(=O)N(C3CCCCC3)C(=O)[C@@H]2[C@@H]2C[C@@H](c3cccc(O)c3)O[C@]12O)(c1ccccc1)c1ccccc1. The number of amides is 2. The molecule has 2 aliphatic carbocycles. The number of phenols is 1. The van der Waals surface area contributed by atoms with E-state index in [0.717, 1.165) is 48.0 Å². The van der Waals surface area contributed by atoms with Crippen LogP contribution in [0.15, 0.2) is 84.9 Å². The van der Waals surface area contributed by atoms with Gasteiger partial charge in [-0.25, -0.2) is 0 Å². The van der Waals surface area contributed by atoms with Gasteiger partial charge in [-0.15, -0.1) is 0 Å². The van der Waals surface area contributed by atoms with Crippen molar-refractivity contribution in [3.8, 4) is 5.75 Å². The summed E-state index contributed by atoms with van der Waals surface area (Å²) in [5.74, 6) is -4.08. The highest BCUT2D eigenvalue weighted by Gasteiger charge is 2.67. The molecule has 2 saturated carbocycles. The van der Waals surface area contributed by atoms with Gasteiger partial charge in [-0.3, -0.25) is 14.5 Å². The van der Waals surface area contributed by atoms with Crippen LogP contribution in [0.1, 0.15) is 77.4 Å². The van der Waals surface area contributed by atoms with Crippen LogP contribution in [0.25, 0.3) is 0 Å². The minimum atomic E-state index is -2.96. The van der Waals surface area contributed by atoms with Crippen LogP contribution < -0.4 is 10.4 Å². The predicted octanol–water partition coefficient (Wildman–Crippen LogP) is 5.69. The summed E-state index contributed by atoms with van der Waals surface area (Å²) in [7, 11) is -2.96. The minimum absolute atomic E-state index is 0.0709. The molecule has 3 aromatic rings. The average Bonchev–Trinajstić information content (AvgIpc) is 3.55. The number of carbonyl (C=O) groups is 2. The number of benzene rings is 3. The third-order valence-electron chi connectivity index (χ3n) is 11.5. The van der Waals surface area contributed by atoms with Crippen molar-refractivity contribution in [3.63, 3.8) is 0 Å². The molecule has 6 atom stereocenters. The molecule has 7 rings (SSSR count). The van der Waals surface area contributed by atoms with Crippen molar-refractivity contribution >= 4 is 30.5 Å². The Morgan fingerprint density at radius 3 is 2.11 bits per heavy atom. The maximum absolute atomic E-state index is 14.2. The molecule has 3 aromatic carbocycles. The van der Waals surface area contributed by atoms with Gasteiger partial charge in [-0.2, -0.15) is 0 Å². The van der Waals surface area contributed by atoms with Crippen LogP contribution in [-0.4, -0.2) is 53.7 Å². The highest BCUT2D eigenvalue weighted by Crippen LogP contribution is 2.59. The molecular weight excluding hydrogens is 607 g/mol. The number of ether oxygens (including phenoxy) is 1. The van der Waals surface area contributed by atoms with Crippen LogP contribution >= 0.6 is 0 Å². The maximum Gasteiger partial charge on any atom is 0.261 e. The molecule has 4 aliphatic rings. The molecule has 0 spiro atoms.